The van der Waals surface area contributed by atoms with Crippen molar-refractivity contribution in [3.8, 4) is 5.69 Å². The van der Waals surface area contributed by atoms with Crippen LogP contribution in [0.2, 0.25) is 5.02 Å². The molecule has 1 fully saturated rings. The van der Waals surface area contributed by atoms with Crippen molar-refractivity contribution in [3.05, 3.63) is 70.9 Å². The first-order chi connectivity index (χ1) is 18.3. The molecule has 4 aromatic rings. The number of piperazine rings is 1. The number of anilines is 2. The van der Waals surface area contributed by atoms with Crippen molar-refractivity contribution >= 4 is 40.2 Å². The van der Waals surface area contributed by atoms with Crippen LogP contribution in [0.3, 0.4) is 0 Å². The van der Waals surface area contributed by atoms with Crippen LogP contribution in [0, 0.1) is 12.7 Å². The summed E-state index contributed by atoms with van der Waals surface area (Å²) in [5, 5.41) is 9.14. The highest BCUT2D eigenvalue weighted by atomic mass is 35.5. The number of amides is 2. The summed E-state index contributed by atoms with van der Waals surface area (Å²) in [5.74, 6) is 1.46. The largest absolute Gasteiger partial charge is 0.352 e. The van der Waals surface area contributed by atoms with Crippen molar-refractivity contribution in [1.29, 1.82) is 0 Å². The summed E-state index contributed by atoms with van der Waals surface area (Å²) in [6, 6.07) is 13.2. The third-order valence-corrected chi connectivity index (χ3v) is 7.11. The van der Waals surface area contributed by atoms with Crippen LogP contribution in [0.25, 0.3) is 16.7 Å². The van der Waals surface area contributed by atoms with Gasteiger partial charge in [0, 0.05) is 42.8 Å². The Bertz CT molecular complexity index is 1450. The standard InChI is InChI=1S/C28H31ClFN7O/c1-4-6-18(2)25-32-26(24-19(3)34-37(27(24)33-25)23-11-9-21(30)10-12-23)35-13-15-36(16-14-35)28(38)31-22-8-5-7-20(29)17-22/h5,7-12,17-18H,4,6,13-16H2,1-3H3,(H,31,38). The van der Waals surface area contributed by atoms with Crippen LogP contribution >= 0.6 is 11.6 Å². The quantitative estimate of drug-likeness (QED) is 0.319. The van der Waals surface area contributed by atoms with Gasteiger partial charge in [-0.25, -0.2) is 23.8 Å². The first-order valence-corrected chi connectivity index (χ1v) is 13.3. The smallest absolute Gasteiger partial charge is 0.321 e. The van der Waals surface area contributed by atoms with Crippen molar-refractivity contribution in [1.82, 2.24) is 24.6 Å². The fourth-order valence-corrected chi connectivity index (χ4v) is 5.03. The van der Waals surface area contributed by atoms with Crippen LogP contribution in [0.5, 0.6) is 0 Å². The van der Waals surface area contributed by atoms with Crippen molar-refractivity contribution < 1.29 is 9.18 Å². The van der Waals surface area contributed by atoms with Gasteiger partial charge in [0.1, 0.15) is 17.5 Å². The molecule has 2 amide bonds. The minimum Gasteiger partial charge on any atom is -0.352 e. The number of fused-ring (bicyclic) bond motifs is 1. The summed E-state index contributed by atoms with van der Waals surface area (Å²) in [6.45, 7) is 8.56. The molecule has 1 aliphatic heterocycles. The number of hydrogen-bond acceptors (Lipinski definition) is 5. The number of rotatable bonds is 6. The van der Waals surface area contributed by atoms with Gasteiger partial charge in [0.15, 0.2) is 5.65 Å². The van der Waals surface area contributed by atoms with Gasteiger partial charge in [-0.15, -0.1) is 0 Å². The molecule has 10 heteroatoms. The van der Waals surface area contributed by atoms with Crippen molar-refractivity contribution in [2.45, 2.75) is 39.5 Å². The Morgan fingerprint density at radius 2 is 1.84 bits per heavy atom. The number of nitrogens with one attached hydrogen (secondary N) is 1. The number of nitrogens with zero attached hydrogens (tertiary/aromatic N) is 6. The molecule has 0 radical (unpaired) electrons. The molecule has 1 aliphatic rings. The average molecular weight is 536 g/mol. The van der Waals surface area contributed by atoms with Crippen LogP contribution in [-0.4, -0.2) is 56.9 Å². The van der Waals surface area contributed by atoms with E-state index < -0.39 is 0 Å². The maximum atomic E-state index is 13.6. The van der Waals surface area contributed by atoms with Gasteiger partial charge >= 0.3 is 6.03 Å². The summed E-state index contributed by atoms with van der Waals surface area (Å²) in [4.78, 5) is 26.9. The highest BCUT2D eigenvalue weighted by Crippen LogP contribution is 2.32. The highest BCUT2D eigenvalue weighted by molar-refractivity contribution is 6.30. The number of aryl methyl sites for hydroxylation is 1. The molecule has 198 valence electrons. The molecule has 38 heavy (non-hydrogen) atoms. The molecular formula is C28H31ClFN7O. The Kier molecular flexibility index (Phi) is 7.46. The number of benzene rings is 2. The molecule has 3 heterocycles. The average Bonchev–Trinajstić information content (AvgIpc) is 3.25. The monoisotopic (exact) mass is 535 g/mol. The zero-order valence-corrected chi connectivity index (χ0v) is 22.5. The van der Waals surface area contributed by atoms with Gasteiger partial charge < -0.3 is 15.1 Å². The summed E-state index contributed by atoms with van der Waals surface area (Å²) in [5.41, 5.74) is 2.92. The highest BCUT2D eigenvalue weighted by Gasteiger charge is 2.27. The normalized spacial score (nSPS) is 14.7. The van der Waals surface area contributed by atoms with Gasteiger partial charge in [-0.3, -0.25) is 0 Å². The van der Waals surface area contributed by atoms with Crippen LogP contribution < -0.4 is 10.2 Å². The van der Waals surface area contributed by atoms with E-state index in [1.807, 2.05) is 19.1 Å². The van der Waals surface area contributed by atoms with Crippen LogP contribution in [0.1, 0.15) is 44.1 Å². The van der Waals surface area contributed by atoms with Gasteiger partial charge in [-0.1, -0.05) is 37.9 Å². The second kappa shape index (κ2) is 10.9. The van der Waals surface area contributed by atoms with Gasteiger partial charge in [-0.2, -0.15) is 5.10 Å². The van der Waals surface area contributed by atoms with E-state index in [1.165, 1.54) is 12.1 Å². The Balaban J connectivity index is 1.45. The molecule has 0 spiro atoms. The first-order valence-electron chi connectivity index (χ1n) is 12.9. The molecule has 1 saturated heterocycles. The van der Waals surface area contributed by atoms with E-state index in [4.69, 9.17) is 26.7 Å². The first kappa shape index (κ1) is 25.9. The molecular weight excluding hydrogens is 505 g/mol. The molecule has 5 rings (SSSR count). The number of urea groups is 1. The van der Waals surface area contributed by atoms with Gasteiger partial charge in [0.2, 0.25) is 0 Å². The lowest BCUT2D eigenvalue weighted by molar-refractivity contribution is 0.208. The predicted molar refractivity (Wildman–Crippen MR) is 149 cm³/mol. The summed E-state index contributed by atoms with van der Waals surface area (Å²) < 4.78 is 15.4. The van der Waals surface area contributed by atoms with E-state index >= 15 is 0 Å². The maximum Gasteiger partial charge on any atom is 0.321 e. The van der Waals surface area contributed by atoms with E-state index in [1.54, 1.807) is 33.8 Å². The Labute approximate surface area is 226 Å². The molecule has 2 aromatic heterocycles. The van der Waals surface area contributed by atoms with E-state index in [0.717, 1.165) is 41.3 Å². The molecule has 1 unspecified atom stereocenters. The third-order valence-electron chi connectivity index (χ3n) is 6.88. The second-order valence-corrected chi connectivity index (χ2v) is 10.1. The molecule has 0 aliphatic carbocycles. The SMILES string of the molecule is CCCC(C)c1nc(N2CCN(C(=O)Nc3cccc(Cl)c3)CC2)c2c(C)nn(-c3ccc(F)cc3)c2n1. The Morgan fingerprint density at radius 3 is 2.53 bits per heavy atom. The number of carbonyl (C=O) groups is 1. The maximum absolute atomic E-state index is 13.6. The summed E-state index contributed by atoms with van der Waals surface area (Å²) in [6.07, 6.45) is 1.99. The summed E-state index contributed by atoms with van der Waals surface area (Å²) >= 11 is 6.06. The number of carbonyl (C=O) groups excluding carboxylic acids is 1. The van der Waals surface area contributed by atoms with E-state index in [9.17, 15) is 9.18 Å². The number of halogens is 2. The lowest BCUT2D eigenvalue weighted by Gasteiger charge is -2.35. The molecule has 0 saturated carbocycles. The second-order valence-electron chi connectivity index (χ2n) is 9.68. The molecule has 2 aromatic carbocycles. The van der Waals surface area contributed by atoms with E-state index in [2.05, 4.69) is 24.1 Å². The summed E-state index contributed by atoms with van der Waals surface area (Å²) in [7, 11) is 0. The minimum atomic E-state index is -0.299. The zero-order chi connectivity index (χ0) is 26.8. The third kappa shape index (κ3) is 5.29. The van der Waals surface area contributed by atoms with Crippen molar-refractivity contribution in [2.24, 2.45) is 0 Å². The van der Waals surface area contributed by atoms with Crippen LogP contribution in [-0.2, 0) is 0 Å². The van der Waals surface area contributed by atoms with Crippen molar-refractivity contribution in [3.63, 3.8) is 0 Å². The van der Waals surface area contributed by atoms with Gasteiger partial charge in [-0.05, 0) is 55.8 Å². The molecule has 8 nitrogen and oxygen atoms in total. The number of hydrogen-bond donors (Lipinski definition) is 1. The van der Waals surface area contributed by atoms with E-state index in [0.29, 0.717) is 42.5 Å². The van der Waals surface area contributed by atoms with E-state index in [-0.39, 0.29) is 17.8 Å². The molecule has 1 N–H and O–H groups in total. The lowest BCUT2D eigenvalue weighted by atomic mass is 10.1. The topological polar surface area (TPSA) is 79.2 Å². The Morgan fingerprint density at radius 1 is 1.11 bits per heavy atom. The van der Waals surface area contributed by atoms with Gasteiger partial charge in [0.25, 0.3) is 0 Å². The minimum absolute atomic E-state index is 0.155. The van der Waals surface area contributed by atoms with Crippen molar-refractivity contribution in [2.75, 3.05) is 36.4 Å². The predicted octanol–water partition coefficient (Wildman–Crippen LogP) is 6.17. The lowest BCUT2D eigenvalue weighted by Crippen LogP contribution is -2.50. The van der Waals surface area contributed by atoms with Crippen LogP contribution in [0.4, 0.5) is 20.7 Å². The fourth-order valence-electron chi connectivity index (χ4n) is 4.84. The van der Waals surface area contributed by atoms with Gasteiger partial charge in [0.05, 0.1) is 16.8 Å². The Hall–Kier alpha value is -3.72. The number of aromatic nitrogens is 4. The van der Waals surface area contributed by atoms with Crippen LogP contribution in [0.15, 0.2) is 48.5 Å². The molecule has 1 atom stereocenters. The fraction of sp³-hybridized carbons (Fsp3) is 0.357. The molecule has 0 bridgehead atoms. The zero-order valence-electron chi connectivity index (χ0n) is 21.8.